The van der Waals surface area contributed by atoms with Crippen LogP contribution in [0.2, 0.25) is 0 Å². The average Bonchev–Trinajstić information content (AvgIpc) is 2.70. The summed E-state index contributed by atoms with van der Waals surface area (Å²) in [5.74, 6) is -0.0566. The second-order valence-corrected chi connectivity index (χ2v) is 6.70. The summed E-state index contributed by atoms with van der Waals surface area (Å²) in [5.41, 5.74) is 2.35. The third-order valence-corrected chi connectivity index (χ3v) is 4.93. The van der Waals surface area contributed by atoms with Gasteiger partial charge < -0.3 is 10.4 Å². The van der Waals surface area contributed by atoms with E-state index in [0.29, 0.717) is 0 Å². The maximum Gasteiger partial charge on any atom is 0.223 e. The van der Waals surface area contributed by atoms with Gasteiger partial charge in [0.15, 0.2) is 0 Å². The lowest BCUT2D eigenvalue weighted by molar-refractivity contribution is -0.128. The molecule has 1 unspecified atom stereocenters. The van der Waals surface area contributed by atoms with E-state index >= 15 is 0 Å². The van der Waals surface area contributed by atoms with Gasteiger partial charge in [-0.3, -0.25) is 9.48 Å². The molecule has 1 aliphatic rings. The number of nitrogens with zero attached hydrogens (tertiary/aromatic N) is 2. The third kappa shape index (κ3) is 3.69. The maximum atomic E-state index is 12.4. The molecule has 0 bridgehead atoms. The lowest BCUT2D eigenvalue weighted by Gasteiger charge is -2.32. The monoisotopic (exact) mass is 307 g/mol. The van der Waals surface area contributed by atoms with E-state index in [1.54, 1.807) is 0 Å². The molecule has 1 aromatic heterocycles. The Hall–Kier alpha value is -1.36. The van der Waals surface area contributed by atoms with Crippen LogP contribution >= 0.6 is 0 Å². The lowest BCUT2D eigenvalue weighted by atomic mass is 9.82. The van der Waals surface area contributed by atoms with Crippen molar-refractivity contribution >= 4 is 5.91 Å². The first kappa shape index (κ1) is 17.0. The minimum Gasteiger partial charge on any atom is -0.389 e. The van der Waals surface area contributed by atoms with Gasteiger partial charge >= 0.3 is 0 Å². The van der Waals surface area contributed by atoms with E-state index < -0.39 is 5.60 Å². The summed E-state index contributed by atoms with van der Waals surface area (Å²) in [6.07, 6.45) is 5.70. The molecule has 1 amide bonds. The number of rotatable bonds is 5. The SMILES string of the molecule is CCC(NC(=O)CC1(O)CCCCC1)c1c(C)nn(C)c1C. The van der Waals surface area contributed by atoms with Crippen molar-refractivity contribution in [3.8, 4) is 0 Å². The van der Waals surface area contributed by atoms with Crippen LogP contribution in [0.4, 0.5) is 0 Å². The molecular formula is C17H29N3O2. The number of aliphatic hydroxyl groups is 1. The van der Waals surface area contributed by atoms with Gasteiger partial charge in [0.25, 0.3) is 0 Å². The Labute approximate surface area is 133 Å². The van der Waals surface area contributed by atoms with Gasteiger partial charge in [0.2, 0.25) is 5.91 Å². The fourth-order valence-corrected chi connectivity index (χ4v) is 3.60. The predicted molar refractivity (Wildman–Crippen MR) is 86.5 cm³/mol. The Morgan fingerprint density at radius 2 is 2.00 bits per heavy atom. The number of nitrogens with one attached hydrogen (secondary N) is 1. The van der Waals surface area contributed by atoms with Gasteiger partial charge in [0.05, 0.1) is 23.8 Å². The summed E-state index contributed by atoms with van der Waals surface area (Å²) in [6.45, 7) is 6.07. The Morgan fingerprint density at radius 1 is 1.36 bits per heavy atom. The molecule has 5 heteroatoms. The number of amides is 1. The van der Waals surface area contributed by atoms with Crippen molar-refractivity contribution in [2.24, 2.45) is 7.05 Å². The number of hydrogen-bond donors (Lipinski definition) is 2. The smallest absolute Gasteiger partial charge is 0.223 e. The van der Waals surface area contributed by atoms with E-state index in [9.17, 15) is 9.90 Å². The molecule has 1 aliphatic carbocycles. The van der Waals surface area contributed by atoms with E-state index in [2.05, 4.69) is 17.3 Å². The van der Waals surface area contributed by atoms with Crippen LogP contribution in [0.25, 0.3) is 0 Å². The molecule has 1 saturated carbocycles. The van der Waals surface area contributed by atoms with E-state index in [-0.39, 0.29) is 18.4 Å². The standard InChI is InChI=1S/C17H29N3O2/c1-5-14(16-12(2)19-20(4)13(16)3)18-15(21)11-17(22)9-7-6-8-10-17/h14,22H,5-11H2,1-4H3,(H,18,21). The van der Waals surface area contributed by atoms with Crippen molar-refractivity contribution in [2.75, 3.05) is 0 Å². The number of aryl methyl sites for hydroxylation is 2. The molecule has 0 aromatic carbocycles. The molecule has 2 rings (SSSR count). The van der Waals surface area contributed by atoms with Gasteiger partial charge in [0.1, 0.15) is 0 Å². The molecule has 5 nitrogen and oxygen atoms in total. The van der Waals surface area contributed by atoms with E-state index in [4.69, 9.17) is 0 Å². The summed E-state index contributed by atoms with van der Waals surface area (Å²) >= 11 is 0. The highest BCUT2D eigenvalue weighted by Gasteiger charge is 2.32. The third-order valence-electron chi connectivity index (χ3n) is 4.93. The second-order valence-electron chi connectivity index (χ2n) is 6.70. The first-order valence-electron chi connectivity index (χ1n) is 8.38. The molecule has 1 heterocycles. The number of carbonyl (C=O) groups is 1. The largest absolute Gasteiger partial charge is 0.389 e. The Kier molecular flexibility index (Phi) is 5.27. The molecule has 0 radical (unpaired) electrons. The Balaban J connectivity index is 2.05. The number of aromatic nitrogens is 2. The molecule has 2 N–H and O–H groups in total. The van der Waals surface area contributed by atoms with Crippen molar-refractivity contribution < 1.29 is 9.90 Å². The summed E-state index contributed by atoms with van der Waals surface area (Å²) < 4.78 is 1.86. The molecule has 124 valence electrons. The fraction of sp³-hybridized carbons (Fsp3) is 0.765. The van der Waals surface area contributed by atoms with Crippen molar-refractivity contribution in [3.63, 3.8) is 0 Å². The number of carbonyl (C=O) groups excluding carboxylic acids is 1. The first-order valence-corrected chi connectivity index (χ1v) is 8.38. The van der Waals surface area contributed by atoms with Gasteiger partial charge in [-0.15, -0.1) is 0 Å². The van der Waals surface area contributed by atoms with E-state index in [0.717, 1.165) is 55.5 Å². The van der Waals surface area contributed by atoms with Crippen LogP contribution < -0.4 is 5.32 Å². The van der Waals surface area contributed by atoms with Crippen molar-refractivity contribution in [3.05, 3.63) is 17.0 Å². The molecule has 0 aliphatic heterocycles. The summed E-state index contributed by atoms with van der Waals surface area (Å²) in [7, 11) is 1.92. The average molecular weight is 307 g/mol. The summed E-state index contributed by atoms with van der Waals surface area (Å²) in [4.78, 5) is 12.4. The Morgan fingerprint density at radius 3 is 2.50 bits per heavy atom. The van der Waals surface area contributed by atoms with Crippen LogP contribution in [0.5, 0.6) is 0 Å². The predicted octanol–water partition coefficient (Wildman–Crippen LogP) is 2.69. The summed E-state index contributed by atoms with van der Waals surface area (Å²) in [5, 5.41) is 18.1. The van der Waals surface area contributed by atoms with Gasteiger partial charge in [-0.1, -0.05) is 26.2 Å². The van der Waals surface area contributed by atoms with E-state index in [1.165, 1.54) is 0 Å². The molecule has 22 heavy (non-hydrogen) atoms. The number of hydrogen-bond acceptors (Lipinski definition) is 3. The highest BCUT2D eigenvalue weighted by atomic mass is 16.3. The van der Waals surface area contributed by atoms with Crippen LogP contribution in [-0.2, 0) is 11.8 Å². The van der Waals surface area contributed by atoms with E-state index in [1.807, 2.05) is 25.6 Å². The minimum atomic E-state index is -0.806. The van der Waals surface area contributed by atoms with Crippen LogP contribution in [0, 0.1) is 13.8 Å². The van der Waals surface area contributed by atoms with Crippen molar-refractivity contribution in [1.82, 2.24) is 15.1 Å². The molecular weight excluding hydrogens is 278 g/mol. The zero-order chi connectivity index (χ0) is 16.3. The topological polar surface area (TPSA) is 67.2 Å². The van der Waals surface area contributed by atoms with Crippen molar-refractivity contribution in [2.45, 2.75) is 77.4 Å². The van der Waals surface area contributed by atoms with Crippen molar-refractivity contribution in [1.29, 1.82) is 0 Å². The zero-order valence-corrected chi connectivity index (χ0v) is 14.3. The highest BCUT2D eigenvalue weighted by molar-refractivity contribution is 5.77. The fourth-order valence-electron chi connectivity index (χ4n) is 3.60. The molecule has 0 saturated heterocycles. The Bertz CT molecular complexity index is 530. The molecule has 1 atom stereocenters. The normalized spacial score (nSPS) is 19.0. The zero-order valence-electron chi connectivity index (χ0n) is 14.3. The highest BCUT2D eigenvalue weighted by Crippen LogP contribution is 2.31. The summed E-state index contributed by atoms with van der Waals surface area (Å²) in [6, 6.07) is -0.0339. The van der Waals surface area contributed by atoms with Crippen LogP contribution in [-0.4, -0.2) is 26.4 Å². The molecule has 1 fully saturated rings. The first-order chi connectivity index (χ1) is 10.4. The van der Waals surface area contributed by atoms with Gasteiger partial charge in [-0.05, 0) is 33.1 Å². The second kappa shape index (κ2) is 6.82. The maximum absolute atomic E-state index is 12.4. The molecule has 0 spiro atoms. The van der Waals surface area contributed by atoms with Gasteiger partial charge in [0, 0.05) is 18.3 Å². The van der Waals surface area contributed by atoms with Gasteiger partial charge in [-0.25, -0.2) is 0 Å². The van der Waals surface area contributed by atoms with Crippen LogP contribution in [0.1, 0.15) is 74.9 Å². The van der Waals surface area contributed by atoms with Gasteiger partial charge in [-0.2, -0.15) is 5.10 Å². The van der Waals surface area contributed by atoms with Crippen LogP contribution in [0.3, 0.4) is 0 Å². The van der Waals surface area contributed by atoms with Crippen LogP contribution in [0.15, 0.2) is 0 Å². The lowest BCUT2D eigenvalue weighted by Crippen LogP contribution is -2.39. The quantitative estimate of drug-likeness (QED) is 0.879. The molecule has 1 aromatic rings. The minimum absolute atomic E-state index is 0.0339.